The lowest BCUT2D eigenvalue weighted by Crippen LogP contribution is -2.40. The van der Waals surface area contributed by atoms with E-state index in [4.69, 9.17) is 8.83 Å². The van der Waals surface area contributed by atoms with E-state index in [0.29, 0.717) is 37.8 Å². The first-order chi connectivity index (χ1) is 15.9. The maximum absolute atomic E-state index is 13.5. The predicted octanol–water partition coefficient (Wildman–Crippen LogP) is 3.68. The fraction of sp³-hybridized carbons (Fsp3) is 0.160. The van der Waals surface area contributed by atoms with Gasteiger partial charge in [-0.05, 0) is 56.7 Å². The number of carbonyl (C=O) groups excluding carboxylic acids is 1. The summed E-state index contributed by atoms with van der Waals surface area (Å²) in [5.41, 5.74) is 3.08. The first kappa shape index (κ1) is 21.0. The molecule has 1 aliphatic heterocycles. The van der Waals surface area contributed by atoms with Crippen LogP contribution in [0.25, 0.3) is 6.08 Å². The number of anilines is 1. The predicted molar refractivity (Wildman–Crippen MR) is 126 cm³/mol. The number of nitrogens with zero attached hydrogens (tertiary/aromatic N) is 2. The molecule has 1 N–H and O–H groups in total. The number of rotatable bonds is 4. The lowest BCUT2D eigenvalue weighted by atomic mass is 10.00. The highest BCUT2D eigenvalue weighted by atomic mass is 32.1. The van der Waals surface area contributed by atoms with Gasteiger partial charge < -0.3 is 14.2 Å². The molecule has 0 aliphatic carbocycles. The van der Waals surface area contributed by atoms with Crippen molar-refractivity contribution in [3.8, 4) is 0 Å². The van der Waals surface area contributed by atoms with Crippen molar-refractivity contribution >= 4 is 29.0 Å². The van der Waals surface area contributed by atoms with Crippen LogP contribution in [0.4, 0.5) is 5.69 Å². The third-order valence-electron chi connectivity index (χ3n) is 5.53. The molecule has 166 valence electrons. The number of nitrogens with one attached hydrogen (secondary N) is 1. The van der Waals surface area contributed by atoms with Crippen LogP contribution in [0.15, 0.2) is 84.9 Å². The van der Waals surface area contributed by atoms with Crippen LogP contribution in [0, 0.1) is 13.8 Å². The average Bonchev–Trinajstić information content (AvgIpc) is 3.51. The lowest BCUT2D eigenvalue weighted by molar-refractivity contribution is -0.113. The van der Waals surface area contributed by atoms with Crippen molar-refractivity contribution < 1.29 is 13.6 Å². The Balaban J connectivity index is 1.67. The Hall–Kier alpha value is -3.91. The number of hydrogen-bond donors (Lipinski definition) is 1. The minimum Gasteiger partial charge on any atom is -0.472 e. The van der Waals surface area contributed by atoms with Gasteiger partial charge in [-0.3, -0.25) is 14.2 Å². The molecule has 0 spiro atoms. The van der Waals surface area contributed by atoms with Gasteiger partial charge >= 0.3 is 0 Å². The topological polar surface area (TPSA) is 89.7 Å². The summed E-state index contributed by atoms with van der Waals surface area (Å²) in [6, 6.07) is 12.2. The van der Waals surface area contributed by atoms with Crippen LogP contribution in [0.3, 0.4) is 0 Å². The summed E-state index contributed by atoms with van der Waals surface area (Å²) in [6.07, 6.45) is 4.87. The van der Waals surface area contributed by atoms with E-state index >= 15 is 0 Å². The molecular weight excluding hydrogens is 438 g/mol. The van der Waals surface area contributed by atoms with Crippen LogP contribution in [0.2, 0.25) is 0 Å². The highest BCUT2D eigenvalue weighted by molar-refractivity contribution is 7.07. The molecule has 0 bridgehead atoms. The number of allylic oxidation sites excluding steroid dienone is 1. The molecule has 0 unspecified atom stereocenters. The van der Waals surface area contributed by atoms with Crippen LogP contribution >= 0.6 is 11.3 Å². The van der Waals surface area contributed by atoms with Crippen molar-refractivity contribution in [2.45, 2.75) is 26.8 Å². The molecule has 33 heavy (non-hydrogen) atoms. The molecule has 4 heterocycles. The second-order valence-corrected chi connectivity index (χ2v) is 8.87. The molecular formula is C25H21N3O4S. The van der Waals surface area contributed by atoms with E-state index in [9.17, 15) is 9.59 Å². The number of aryl methyl sites for hydroxylation is 2. The quantitative estimate of drug-likeness (QED) is 0.504. The van der Waals surface area contributed by atoms with Gasteiger partial charge in [0.1, 0.15) is 17.6 Å². The molecule has 0 saturated heterocycles. The van der Waals surface area contributed by atoms with E-state index in [0.717, 1.165) is 11.1 Å². The SMILES string of the molecule is CC1=C(C(=O)Nc2ccccc2C)[C@H](c2ccc(C)o2)n2c(sc(=Cc3ccoc3)c2=O)=N1. The van der Waals surface area contributed by atoms with E-state index in [2.05, 4.69) is 10.3 Å². The minimum absolute atomic E-state index is 0.243. The van der Waals surface area contributed by atoms with Gasteiger partial charge in [0.05, 0.1) is 28.3 Å². The average molecular weight is 460 g/mol. The molecule has 0 radical (unpaired) electrons. The van der Waals surface area contributed by atoms with Gasteiger partial charge in [-0.25, -0.2) is 4.99 Å². The first-order valence-electron chi connectivity index (χ1n) is 10.4. The summed E-state index contributed by atoms with van der Waals surface area (Å²) < 4.78 is 13.1. The maximum Gasteiger partial charge on any atom is 0.271 e. The van der Waals surface area contributed by atoms with Gasteiger partial charge in [0, 0.05) is 11.3 Å². The molecule has 1 atom stereocenters. The molecule has 1 aliphatic rings. The Kier molecular flexibility index (Phi) is 5.22. The van der Waals surface area contributed by atoms with E-state index < -0.39 is 6.04 Å². The Morgan fingerprint density at radius 3 is 2.67 bits per heavy atom. The third kappa shape index (κ3) is 3.78. The summed E-state index contributed by atoms with van der Waals surface area (Å²) >= 11 is 1.27. The van der Waals surface area contributed by atoms with Gasteiger partial charge in [0.25, 0.3) is 11.5 Å². The van der Waals surface area contributed by atoms with Gasteiger partial charge in [0.2, 0.25) is 0 Å². The summed E-state index contributed by atoms with van der Waals surface area (Å²) in [5.74, 6) is 0.875. The summed E-state index contributed by atoms with van der Waals surface area (Å²) in [4.78, 5) is 32.1. The summed E-state index contributed by atoms with van der Waals surface area (Å²) in [7, 11) is 0. The number of para-hydroxylation sites is 1. The fourth-order valence-electron chi connectivity index (χ4n) is 3.89. The highest BCUT2D eigenvalue weighted by Crippen LogP contribution is 2.32. The number of carbonyl (C=O) groups is 1. The number of benzene rings is 1. The van der Waals surface area contributed by atoms with Crippen LogP contribution in [0.5, 0.6) is 0 Å². The number of fused-ring (bicyclic) bond motifs is 1. The smallest absolute Gasteiger partial charge is 0.271 e. The highest BCUT2D eigenvalue weighted by Gasteiger charge is 2.34. The second kappa shape index (κ2) is 8.22. The summed E-state index contributed by atoms with van der Waals surface area (Å²) in [6.45, 7) is 5.54. The first-order valence-corrected chi connectivity index (χ1v) is 11.2. The molecule has 3 aromatic heterocycles. The van der Waals surface area contributed by atoms with Crippen LogP contribution in [-0.4, -0.2) is 10.5 Å². The van der Waals surface area contributed by atoms with E-state index in [-0.39, 0.29) is 11.5 Å². The van der Waals surface area contributed by atoms with Crippen molar-refractivity contribution in [2.75, 3.05) is 5.32 Å². The van der Waals surface area contributed by atoms with Crippen molar-refractivity contribution in [1.82, 2.24) is 4.57 Å². The zero-order valence-electron chi connectivity index (χ0n) is 18.3. The molecule has 0 fully saturated rings. The molecule has 0 saturated carbocycles. The Morgan fingerprint density at radius 2 is 1.97 bits per heavy atom. The van der Waals surface area contributed by atoms with Crippen LogP contribution < -0.4 is 20.2 Å². The van der Waals surface area contributed by atoms with Crippen LogP contribution in [0.1, 0.15) is 35.6 Å². The normalized spacial score (nSPS) is 16.0. The molecule has 1 aromatic carbocycles. The summed E-state index contributed by atoms with van der Waals surface area (Å²) in [5, 5.41) is 2.98. The lowest BCUT2D eigenvalue weighted by Gasteiger charge is -2.23. The van der Waals surface area contributed by atoms with Gasteiger partial charge in [0.15, 0.2) is 4.80 Å². The number of amides is 1. The van der Waals surface area contributed by atoms with Crippen molar-refractivity contribution in [3.63, 3.8) is 0 Å². The Bertz CT molecular complexity index is 1570. The van der Waals surface area contributed by atoms with E-state index in [1.165, 1.54) is 15.9 Å². The molecule has 4 aromatic rings. The minimum atomic E-state index is -0.731. The van der Waals surface area contributed by atoms with Gasteiger partial charge in [-0.1, -0.05) is 29.5 Å². The molecule has 7 nitrogen and oxygen atoms in total. The number of thiazole rings is 1. The number of furan rings is 2. The molecule has 1 amide bonds. The zero-order chi connectivity index (χ0) is 23.1. The van der Waals surface area contributed by atoms with E-state index in [1.54, 1.807) is 37.7 Å². The monoisotopic (exact) mass is 459 g/mol. The Labute approximate surface area is 193 Å². The van der Waals surface area contributed by atoms with Crippen molar-refractivity contribution in [3.05, 3.63) is 109 Å². The Morgan fingerprint density at radius 1 is 1.15 bits per heavy atom. The van der Waals surface area contributed by atoms with Crippen LogP contribution in [-0.2, 0) is 4.79 Å². The number of aromatic nitrogens is 1. The standard InChI is InChI=1S/C25H21N3O4S/c1-14-6-4-5-7-18(14)27-23(29)21-16(3)26-25-28(22(21)19-9-8-15(2)32-19)24(30)20(33-25)12-17-10-11-31-13-17/h4-13,22H,1-3H3,(H,27,29)/t22-/m0/s1. The van der Waals surface area contributed by atoms with Gasteiger partial charge in [-0.2, -0.15) is 0 Å². The van der Waals surface area contributed by atoms with Crippen molar-refractivity contribution in [2.24, 2.45) is 4.99 Å². The second-order valence-electron chi connectivity index (χ2n) is 7.86. The number of hydrogen-bond acceptors (Lipinski definition) is 6. The fourth-order valence-corrected chi connectivity index (χ4v) is 4.94. The maximum atomic E-state index is 13.5. The zero-order valence-corrected chi connectivity index (χ0v) is 19.1. The van der Waals surface area contributed by atoms with Gasteiger partial charge in [-0.15, -0.1) is 0 Å². The third-order valence-corrected chi connectivity index (χ3v) is 6.51. The molecule has 8 heteroatoms. The molecule has 5 rings (SSSR count). The van der Waals surface area contributed by atoms with E-state index in [1.807, 2.05) is 44.2 Å². The van der Waals surface area contributed by atoms with Crippen molar-refractivity contribution in [1.29, 1.82) is 0 Å². The largest absolute Gasteiger partial charge is 0.472 e.